The van der Waals surface area contributed by atoms with Crippen LogP contribution in [0.2, 0.25) is 0 Å². The van der Waals surface area contributed by atoms with E-state index in [1.807, 2.05) is 49.4 Å². The molecule has 2 aromatic rings. The van der Waals surface area contributed by atoms with Crippen molar-refractivity contribution in [1.82, 2.24) is 0 Å². The summed E-state index contributed by atoms with van der Waals surface area (Å²) in [5.41, 5.74) is -0.508. The molecule has 0 saturated carbocycles. The molecule has 20 heavy (non-hydrogen) atoms. The first kappa shape index (κ1) is 14.6. The van der Waals surface area contributed by atoms with Crippen LogP contribution < -0.4 is 0 Å². The molecule has 2 N–H and O–H groups in total. The van der Waals surface area contributed by atoms with E-state index >= 15 is 0 Å². The molecular formula is C18H20O2. The summed E-state index contributed by atoms with van der Waals surface area (Å²) in [4.78, 5) is 0. The molecule has 0 aromatic heterocycles. The quantitative estimate of drug-likeness (QED) is 0.839. The van der Waals surface area contributed by atoms with Crippen molar-refractivity contribution in [3.8, 4) is 11.8 Å². The summed E-state index contributed by atoms with van der Waals surface area (Å²) < 4.78 is 0. The van der Waals surface area contributed by atoms with Gasteiger partial charge in [0.15, 0.2) is 0 Å². The molecule has 0 heterocycles. The van der Waals surface area contributed by atoms with Crippen molar-refractivity contribution in [2.24, 2.45) is 0 Å². The summed E-state index contributed by atoms with van der Waals surface area (Å²) in [6.45, 7) is 3.65. The number of rotatable bonds is 3. The Balaban J connectivity index is 2.31. The van der Waals surface area contributed by atoms with Gasteiger partial charge in [-0.25, -0.2) is 0 Å². The van der Waals surface area contributed by atoms with Gasteiger partial charge in [-0.1, -0.05) is 61.6 Å². The second-order valence-corrected chi connectivity index (χ2v) is 5.21. The third-order valence-corrected chi connectivity index (χ3v) is 3.36. The minimum Gasteiger partial charge on any atom is -0.380 e. The van der Waals surface area contributed by atoms with Crippen molar-refractivity contribution < 1.29 is 10.2 Å². The van der Waals surface area contributed by atoms with Crippen LogP contribution in [0.25, 0.3) is 10.8 Å². The van der Waals surface area contributed by atoms with Gasteiger partial charge in [0.1, 0.15) is 11.7 Å². The standard InChI is InChI=1S/C18H20O2/c1-3-6-17(19)11-12-18(2,20)16-10-9-14-7-4-5-8-15(14)13-16/h4-5,7-10,13,17,19-20H,3,6H2,1-2H3/t17-,18+/m0/s1. The lowest BCUT2D eigenvalue weighted by Gasteiger charge is -2.18. The lowest BCUT2D eigenvalue weighted by atomic mass is 9.94. The van der Waals surface area contributed by atoms with Gasteiger partial charge in [-0.15, -0.1) is 0 Å². The molecule has 0 aliphatic heterocycles. The van der Waals surface area contributed by atoms with Crippen molar-refractivity contribution in [2.45, 2.75) is 38.4 Å². The summed E-state index contributed by atoms with van der Waals surface area (Å²) in [5, 5.41) is 22.3. The molecule has 0 amide bonds. The smallest absolute Gasteiger partial charge is 0.148 e. The number of benzene rings is 2. The average molecular weight is 268 g/mol. The molecule has 0 bridgehead atoms. The van der Waals surface area contributed by atoms with Crippen LogP contribution in [0.15, 0.2) is 42.5 Å². The lowest BCUT2D eigenvalue weighted by molar-refractivity contribution is 0.121. The molecule has 0 radical (unpaired) electrons. The fraction of sp³-hybridized carbons (Fsp3) is 0.333. The van der Waals surface area contributed by atoms with Gasteiger partial charge in [-0.2, -0.15) is 0 Å². The Kier molecular flexibility index (Phi) is 4.44. The van der Waals surface area contributed by atoms with Crippen LogP contribution in [0.1, 0.15) is 32.3 Å². The SMILES string of the molecule is CCC[C@H](O)C#C[C@@](C)(O)c1ccc2ccccc2c1. The number of aliphatic hydroxyl groups is 2. The number of hydrogen-bond donors (Lipinski definition) is 2. The normalized spacial score (nSPS) is 15.2. The summed E-state index contributed by atoms with van der Waals surface area (Å²) in [7, 11) is 0. The van der Waals surface area contributed by atoms with E-state index in [0.717, 1.165) is 22.8 Å². The van der Waals surface area contributed by atoms with Crippen molar-refractivity contribution in [3.05, 3.63) is 48.0 Å². The third kappa shape index (κ3) is 3.39. The van der Waals surface area contributed by atoms with E-state index in [-0.39, 0.29) is 0 Å². The van der Waals surface area contributed by atoms with Crippen LogP contribution in [0.5, 0.6) is 0 Å². The maximum atomic E-state index is 10.5. The first-order valence-electron chi connectivity index (χ1n) is 6.95. The highest BCUT2D eigenvalue weighted by atomic mass is 16.3. The Morgan fingerprint density at radius 2 is 1.85 bits per heavy atom. The van der Waals surface area contributed by atoms with E-state index in [9.17, 15) is 10.2 Å². The Morgan fingerprint density at radius 3 is 2.55 bits per heavy atom. The molecule has 0 fully saturated rings. The Bertz CT molecular complexity index is 647. The largest absolute Gasteiger partial charge is 0.380 e. The fourth-order valence-corrected chi connectivity index (χ4v) is 2.13. The summed E-state index contributed by atoms with van der Waals surface area (Å²) in [6, 6.07) is 13.8. The van der Waals surface area contributed by atoms with E-state index in [1.54, 1.807) is 6.92 Å². The molecule has 104 valence electrons. The predicted octanol–water partition coefficient (Wildman–Crippen LogP) is 3.21. The van der Waals surface area contributed by atoms with Crippen molar-refractivity contribution in [2.75, 3.05) is 0 Å². The average Bonchev–Trinajstić information content (AvgIpc) is 2.45. The highest BCUT2D eigenvalue weighted by molar-refractivity contribution is 5.83. The van der Waals surface area contributed by atoms with E-state index in [0.29, 0.717) is 6.42 Å². The van der Waals surface area contributed by atoms with Crippen molar-refractivity contribution in [1.29, 1.82) is 0 Å². The van der Waals surface area contributed by atoms with Crippen molar-refractivity contribution >= 4 is 10.8 Å². The monoisotopic (exact) mass is 268 g/mol. The van der Waals surface area contributed by atoms with Crippen LogP contribution in [0.3, 0.4) is 0 Å². The van der Waals surface area contributed by atoms with Gasteiger partial charge in [0.05, 0.1) is 0 Å². The zero-order valence-corrected chi connectivity index (χ0v) is 11.9. The number of fused-ring (bicyclic) bond motifs is 1. The summed E-state index contributed by atoms with van der Waals surface area (Å²) in [6.07, 6.45) is 0.821. The molecule has 0 unspecified atom stereocenters. The summed E-state index contributed by atoms with van der Waals surface area (Å²) in [5.74, 6) is 5.51. The van der Waals surface area contributed by atoms with Crippen molar-refractivity contribution in [3.63, 3.8) is 0 Å². The molecule has 2 heteroatoms. The van der Waals surface area contributed by atoms with E-state index in [2.05, 4.69) is 11.8 Å². The van der Waals surface area contributed by atoms with Gasteiger partial charge in [0, 0.05) is 0 Å². The molecule has 0 aliphatic rings. The van der Waals surface area contributed by atoms with E-state index in [1.165, 1.54) is 0 Å². The van der Waals surface area contributed by atoms with Gasteiger partial charge < -0.3 is 10.2 Å². The third-order valence-electron chi connectivity index (χ3n) is 3.36. The molecule has 2 aromatic carbocycles. The highest BCUT2D eigenvalue weighted by Crippen LogP contribution is 2.24. The minimum atomic E-state index is -1.25. The van der Waals surface area contributed by atoms with E-state index < -0.39 is 11.7 Å². The van der Waals surface area contributed by atoms with Gasteiger partial charge >= 0.3 is 0 Å². The Labute approximate surface area is 120 Å². The van der Waals surface area contributed by atoms with Crippen LogP contribution in [-0.4, -0.2) is 16.3 Å². The number of hydrogen-bond acceptors (Lipinski definition) is 2. The molecule has 0 spiro atoms. The highest BCUT2D eigenvalue weighted by Gasteiger charge is 2.20. The first-order valence-corrected chi connectivity index (χ1v) is 6.95. The van der Waals surface area contributed by atoms with Crippen LogP contribution in [-0.2, 0) is 5.60 Å². The Morgan fingerprint density at radius 1 is 1.15 bits per heavy atom. The maximum Gasteiger partial charge on any atom is 0.148 e. The van der Waals surface area contributed by atoms with Crippen LogP contribution in [0.4, 0.5) is 0 Å². The molecule has 2 nitrogen and oxygen atoms in total. The minimum absolute atomic E-state index is 0.626. The molecule has 0 aliphatic carbocycles. The van der Waals surface area contributed by atoms with Gasteiger partial charge in [0.2, 0.25) is 0 Å². The molecular weight excluding hydrogens is 248 g/mol. The van der Waals surface area contributed by atoms with E-state index in [4.69, 9.17) is 0 Å². The molecule has 2 rings (SSSR count). The molecule has 2 atom stereocenters. The second-order valence-electron chi connectivity index (χ2n) is 5.21. The Hall–Kier alpha value is -1.82. The number of aliphatic hydroxyl groups excluding tert-OH is 1. The topological polar surface area (TPSA) is 40.5 Å². The van der Waals surface area contributed by atoms with Crippen LogP contribution in [0, 0.1) is 11.8 Å². The van der Waals surface area contributed by atoms with Gasteiger partial charge in [-0.3, -0.25) is 0 Å². The summed E-state index contributed by atoms with van der Waals surface area (Å²) >= 11 is 0. The maximum absolute atomic E-state index is 10.5. The molecule has 0 saturated heterocycles. The van der Waals surface area contributed by atoms with Crippen LogP contribution >= 0.6 is 0 Å². The predicted molar refractivity (Wildman–Crippen MR) is 82.2 cm³/mol. The zero-order chi connectivity index (χ0) is 14.6. The fourth-order valence-electron chi connectivity index (χ4n) is 2.13. The lowest BCUT2D eigenvalue weighted by Crippen LogP contribution is -2.19. The van der Waals surface area contributed by atoms with Gasteiger partial charge in [0.25, 0.3) is 0 Å². The second kappa shape index (κ2) is 6.09. The zero-order valence-electron chi connectivity index (χ0n) is 11.9. The first-order chi connectivity index (χ1) is 9.53. The van der Waals surface area contributed by atoms with Gasteiger partial charge in [-0.05, 0) is 35.7 Å².